The molecule has 1 rings (SSSR count). The molecule has 0 aliphatic heterocycles. The van der Waals surface area contributed by atoms with E-state index in [1.807, 2.05) is 25.8 Å². The van der Waals surface area contributed by atoms with Gasteiger partial charge in [-0.25, -0.2) is 8.78 Å². The summed E-state index contributed by atoms with van der Waals surface area (Å²) in [5.74, 6) is -0.0374. The van der Waals surface area contributed by atoms with E-state index in [2.05, 4.69) is 31.2 Å². The van der Waals surface area contributed by atoms with Crippen molar-refractivity contribution < 1.29 is 13.6 Å². The minimum Gasteiger partial charge on any atom is -0.322 e. The lowest BCUT2D eigenvalue weighted by molar-refractivity contribution is -0.117. The normalized spacial score (nSPS) is 12.5. The molecule has 23 heavy (non-hydrogen) atoms. The van der Waals surface area contributed by atoms with Gasteiger partial charge in [-0.1, -0.05) is 34.6 Å². The maximum absolute atomic E-state index is 13.1. The zero-order valence-corrected chi connectivity index (χ0v) is 14.9. The number of amides is 1. The van der Waals surface area contributed by atoms with E-state index in [9.17, 15) is 13.6 Å². The summed E-state index contributed by atoms with van der Waals surface area (Å²) in [5, 5.41) is 6.44. The molecule has 5 nitrogen and oxygen atoms in total. The molecule has 1 aromatic heterocycles. The molecule has 0 atom stereocenters. The minimum absolute atomic E-state index is 0.0608. The lowest BCUT2D eigenvalue weighted by Gasteiger charge is -2.25. The molecule has 0 bridgehead atoms. The van der Waals surface area contributed by atoms with Crippen LogP contribution in [0.2, 0.25) is 0 Å². The van der Waals surface area contributed by atoms with Gasteiger partial charge < -0.3 is 5.32 Å². The van der Waals surface area contributed by atoms with Crippen molar-refractivity contribution in [3.63, 3.8) is 0 Å². The first kappa shape index (κ1) is 19.5. The maximum Gasteiger partial charge on any atom is 0.284 e. The molecule has 7 heteroatoms. The molecule has 1 N–H and O–H groups in total. The van der Waals surface area contributed by atoms with E-state index >= 15 is 0 Å². The number of carbonyl (C=O) groups is 1. The molecule has 0 unspecified atom stereocenters. The fraction of sp³-hybridized carbons (Fsp3) is 0.750. The molecule has 0 saturated carbocycles. The highest BCUT2D eigenvalue weighted by molar-refractivity contribution is 5.92. The number of aromatic nitrogens is 2. The number of carbonyl (C=O) groups excluding carboxylic acids is 1. The van der Waals surface area contributed by atoms with Gasteiger partial charge in [-0.3, -0.25) is 14.4 Å². The van der Waals surface area contributed by atoms with E-state index in [0.717, 1.165) is 6.54 Å². The SMILES string of the molecule is CC(C)Cn1cc(NC(=O)CN(C)CC(C)(C)C)c(C(F)F)n1. The van der Waals surface area contributed by atoms with Crippen LogP contribution >= 0.6 is 0 Å². The second-order valence-corrected chi connectivity index (χ2v) is 7.63. The molecule has 1 heterocycles. The summed E-state index contributed by atoms with van der Waals surface area (Å²) in [6, 6.07) is 0. The van der Waals surface area contributed by atoms with Crippen LogP contribution in [0.15, 0.2) is 6.20 Å². The number of alkyl halides is 2. The number of nitrogens with zero attached hydrogens (tertiary/aromatic N) is 3. The van der Waals surface area contributed by atoms with Crippen molar-refractivity contribution >= 4 is 11.6 Å². The largest absolute Gasteiger partial charge is 0.322 e. The van der Waals surface area contributed by atoms with Crippen LogP contribution in [-0.2, 0) is 11.3 Å². The Morgan fingerprint density at radius 1 is 1.39 bits per heavy atom. The second kappa shape index (κ2) is 7.86. The third kappa shape index (κ3) is 7.07. The topological polar surface area (TPSA) is 50.2 Å². The number of hydrogen-bond acceptors (Lipinski definition) is 3. The molecule has 0 saturated heterocycles. The monoisotopic (exact) mass is 330 g/mol. The van der Waals surface area contributed by atoms with E-state index in [-0.39, 0.29) is 35.2 Å². The van der Waals surface area contributed by atoms with Gasteiger partial charge in [0.25, 0.3) is 6.43 Å². The number of rotatable bonds is 7. The van der Waals surface area contributed by atoms with Crippen molar-refractivity contribution in [1.29, 1.82) is 0 Å². The smallest absolute Gasteiger partial charge is 0.284 e. The minimum atomic E-state index is -2.72. The first-order valence-corrected chi connectivity index (χ1v) is 7.82. The molecular formula is C16H28F2N4O. The third-order valence-corrected chi connectivity index (χ3v) is 2.98. The number of nitrogens with one attached hydrogen (secondary N) is 1. The van der Waals surface area contributed by atoms with Gasteiger partial charge >= 0.3 is 0 Å². The quantitative estimate of drug-likeness (QED) is 0.834. The average molecular weight is 330 g/mol. The molecule has 0 aromatic carbocycles. The Morgan fingerprint density at radius 3 is 2.48 bits per heavy atom. The molecular weight excluding hydrogens is 302 g/mol. The van der Waals surface area contributed by atoms with Crippen molar-refractivity contribution in [1.82, 2.24) is 14.7 Å². The Balaban J connectivity index is 2.75. The zero-order chi connectivity index (χ0) is 17.8. The summed E-state index contributed by atoms with van der Waals surface area (Å²) in [7, 11) is 1.83. The van der Waals surface area contributed by atoms with Crippen molar-refractivity contribution in [2.24, 2.45) is 11.3 Å². The van der Waals surface area contributed by atoms with E-state index < -0.39 is 6.43 Å². The molecule has 0 radical (unpaired) electrons. The molecule has 132 valence electrons. The van der Waals surface area contributed by atoms with Crippen molar-refractivity contribution in [3.8, 4) is 0 Å². The van der Waals surface area contributed by atoms with Crippen LogP contribution in [0.4, 0.5) is 14.5 Å². The lowest BCUT2D eigenvalue weighted by atomic mass is 9.96. The highest BCUT2D eigenvalue weighted by Gasteiger charge is 2.21. The van der Waals surface area contributed by atoms with E-state index in [4.69, 9.17) is 0 Å². The van der Waals surface area contributed by atoms with Crippen LogP contribution in [-0.4, -0.2) is 40.7 Å². The molecule has 1 amide bonds. The standard InChI is InChI=1S/C16H28F2N4O/c1-11(2)7-22-8-12(14(20-22)15(17)18)19-13(23)9-21(6)10-16(3,4)5/h8,11,15H,7,9-10H2,1-6H3,(H,19,23). The highest BCUT2D eigenvalue weighted by Crippen LogP contribution is 2.26. The van der Waals surface area contributed by atoms with Crippen LogP contribution in [0.5, 0.6) is 0 Å². The molecule has 0 aliphatic rings. The fourth-order valence-electron chi connectivity index (χ4n) is 2.46. The predicted molar refractivity (Wildman–Crippen MR) is 87.6 cm³/mol. The van der Waals surface area contributed by atoms with Gasteiger partial charge in [0, 0.05) is 19.3 Å². The van der Waals surface area contributed by atoms with Gasteiger partial charge in [-0.05, 0) is 18.4 Å². The first-order valence-electron chi connectivity index (χ1n) is 7.82. The Kier molecular flexibility index (Phi) is 6.68. The first-order chi connectivity index (χ1) is 10.5. The van der Waals surface area contributed by atoms with Crippen LogP contribution in [0.1, 0.15) is 46.7 Å². The average Bonchev–Trinajstić information content (AvgIpc) is 2.67. The highest BCUT2D eigenvalue weighted by atomic mass is 19.3. The predicted octanol–water partition coefficient (Wildman–Crippen LogP) is 3.39. The van der Waals surface area contributed by atoms with Crippen molar-refractivity contribution in [2.75, 3.05) is 25.5 Å². The summed E-state index contributed by atoms with van der Waals surface area (Å²) >= 11 is 0. The molecule has 0 spiro atoms. The van der Waals surface area contributed by atoms with Crippen LogP contribution in [0.25, 0.3) is 0 Å². The van der Waals surface area contributed by atoms with Crippen LogP contribution in [0.3, 0.4) is 0 Å². The Bertz CT molecular complexity index is 521. The van der Waals surface area contributed by atoms with Gasteiger partial charge in [-0.2, -0.15) is 5.10 Å². The molecule has 0 aliphatic carbocycles. The zero-order valence-electron chi connectivity index (χ0n) is 14.9. The number of likely N-dealkylation sites (N-methyl/N-ethyl adjacent to an activating group) is 1. The number of anilines is 1. The Hall–Kier alpha value is -1.50. The number of hydrogen-bond donors (Lipinski definition) is 1. The Morgan fingerprint density at radius 2 is 2.00 bits per heavy atom. The number of halogens is 2. The van der Waals surface area contributed by atoms with Crippen LogP contribution in [0, 0.1) is 11.3 Å². The molecule has 1 aromatic rings. The lowest BCUT2D eigenvalue weighted by Crippen LogP contribution is -2.35. The van der Waals surface area contributed by atoms with Gasteiger partial charge in [-0.15, -0.1) is 0 Å². The fourth-order valence-corrected chi connectivity index (χ4v) is 2.46. The summed E-state index contributed by atoms with van der Waals surface area (Å²) < 4.78 is 27.6. The summed E-state index contributed by atoms with van der Waals surface area (Å²) in [6.45, 7) is 11.6. The van der Waals surface area contributed by atoms with Gasteiger partial charge in [0.05, 0.1) is 12.2 Å². The second-order valence-electron chi connectivity index (χ2n) is 7.63. The Labute approximate surface area is 137 Å². The van der Waals surface area contributed by atoms with E-state index in [0.29, 0.717) is 6.54 Å². The van der Waals surface area contributed by atoms with E-state index in [1.165, 1.54) is 10.9 Å². The van der Waals surface area contributed by atoms with Crippen molar-refractivity contribution in [3.05, 3.63) is 11.9 Å². The van der Waals surface area contributed by atoms with Crippen LogP contribution < -0.4 is 5.32 Å². The van der Waals surface area contributed by atoms with Gasteiger partial charge in [0.2, 0.25) is 5.91 Å². The van der Waals surface area contributed by atoms with Crippen molar-refractivity contribution in [2.45, 2.75) is 47.6 Å². The summed E-state index contributed by atoms with van der Waals surface area (Å²) in [4.78, 5) is 14.0. The maximum atomic E-state index is 13.1. The van der Waals surface area contributed by atoms with E-state index in [1.54, 1.807) is 0 Å². The third-order valence-electron chi connectivity index (χ3n) is 2.98. The van der Waals surface area contributed by atoms with Gasteiger partial charge in [0.15, 0.2) is 5.69 Å². The molecule has 0 fully saturated rings. The van der Waals surface area contributed by atoms with Gasteiger partial charge in [0.1, 0.15) is 0 Å². The summed E-state index contributed by atoms with van der Waals surface area (Å²) in [5.41, 5.74) is -0.224. The summed E-state index contributed by atoms with van der Waals surface area (Å²) in [6.07, 6.45) is -1.24.